The van der Waals surface area contributed by atoms with Crippen molar-refractivity contribution in [3.8, 4) is 11.5 Å². The van der Waals surface area contributed by atoms with Crippen LogP contribution in [0.25, 0.3) is 54.9 Å². The van der Waals surface area contributed by atoms with Crippen molar-refractivity contribution in [3.05, 3.63) is 146 Å². The van der Waals surface area contributed by atoms with E-state index in [1.165, 1.54) is 10.8 Å². The summed E-state index contributed by atoms with van der Waals surface area (Å²) in [6, 6.07) is 50.8. The minimum atomic E-state index is 0.640. The molecule has 0 radical (unpaired) electrons. The second kappa shape index (κ2) is 9.11. The van der Waals surface area contributed by atoms with Crippen molar-refractivity contribution >= 4 is 60.5 Å². The van der Waals surface area contributed by atoms with Crippen molar-refractivity contribution in [2.75, 3.05) is 4.90 Å². The van der Waals surface area contributed by atoms with Crippen LogP contribution in [0.4, 0.5) is 17.1 Å². The van der Waals surface area contributed by atoms with Gasteiger partial charge in [0.05, 0.1) is 0 Å². The zero-order valence-electron chi connectivity index (χ0n) is 21.7. The Morgan fingerprint density at radius 1 is 0.475 bits per heavy atom. The molecule has 0 amide bonds. The van der Waals surface area contributed by atoms with E-state index in [-0.39, 0.29) is 0 Å². The molecule has 3 nitrogen and oxygen atoms in total. The van der Waals surface area contributed by atoms with Gasteiger partial charge < -0.3 is 9.32 Å². The standard InChI is InChI=1S/C37H24N2O/c1-4-12-25(13-5-1)37-38-35-34-30-23-21-29(39(27-14-6-2-7-15-27)28-16-8-3-9-17-28)24-26(30)20-22-32(34)31-18-10-11-19-33(31)36(35)40-37/h1-24H. The molecular formula is C37H24N2O. The van der Waals surface area contributed by atoms with Gasteiger partial charge in [0.1, 0.15) is 5.52 Å². The van der Waals surface area contributed by atoms with Crippen molar-refractivity contribution in [2.45, 2.75) is 0 Å². The van der Waals surface area contributed by atoms with E-state index in [1.807, 2.05) is 30.3 Å². The number of aromatic nitrogens is 1. The van der Waals surface area contributed by atoms with Gasteiger partial charge in [-0.25, -0.2) is 4.98 Å². The average Bonchev–Trinajstić information content (AvgIpc) is 3.48. The summed E-state index contributed by atoms with van der Waals surface area (Å²) in [6.07, 6.45) is 0. The molecule has 0 fully saturated rings. The predicted molar refractivity (Wildman–Crippen MR) is 167 cm³/mol. The van der Waals surface area contributed by atoms with Crippen LogP contribution in [0.5, 0.6) is 0 Å². The Kier molecular flexibility index (Phi) is 5.14. The van der Waals surface area contributed by atoms with Crippen LogP contribution < -0.4 is 4.90 Å². The van der Waals surface area contributed by atoms with Crippen LogP contribution in [0.15, 0.2) is 150 Å². The van der Waals surface area contributed by atoms with Gasteiger partial charge >= 0.3 is 0 Å². The number of nitrogens with zero attached hydrogens (tertiary/aromatic N) is 2. The van der Waals surface area contributed by atoms with Crippen molar-refractivity contribution < 1.29 is 4.42 Å². The third kappa shape index (κ3) is 3.56. The topological polar surface area (TPSA) is 29.3 Å². The highest BCUT2D eigenvalue weighted by molar-refractivity contribution is 6.29. The smallest absolute Gasteiger partial charge is 0.227 e. The molecule has 7 aromatic carbocycles. The molecule has 1 heterocycles. The van der Waals surface area contributed by atoms with E-state index in [4.69, 9.17) is 9.40 Å². The first-order chi connectivity index (χ1) is 19.8. The van der Waals surface area contributed by atoms with E-state index < -0.39 is 0 Å². The first-order valence-corrected chi connectivity index (χ1v) is 13.5. The van der Waals surface area contributed by atoms with Gasteiger partial charge in [-0.15, -0.1) is 0 Å². The lowest BCUT2D eigenvalue weighted by atomic mass is 9.95. The zero-order valence-corrected chi connectivity index (χ0v) is 21.7. The Bertz CT molecular complexity index is 2110. The van der Waals surface area contributed by atoms with Gasteiger partial charge in [-0.05, 0) is 70.1 Å². The molecule has 0 atom stereocenters. The summed E-state index contributed by atoms with van der Waals surface area (Å²) in [7, 11) is 0. The molecule has 8 aromatic rings. The van der Waals surface area contributed by atoms with E-state index in [9.17, 15) is 0 Å². The summed E-state index contributed by atoms with van der Waals surface area (Å²) in [5, 5.41) is 6.86. The fourth-order valence-electron chi connectivity index (χ4n) is 5.83. The predicted octanol–water partition coefficient (Wildman–Crippen LogP) is 10.4. The van der Waals surface area contributed by atoms with E-state index in [2.05, 4.69) is 120 Å². The average molecular weight is 513 g/mol. The van der Waals surface area contributed by atoms with E-state index >= 15 is 0 Å². The van der Waals surface area contributed by atoms with Crippen LogP contribution >= 0.6 is 0 Å². The lowest BCUT2D eigenvalue weighted by Crippen LogP contribution is -2.09. The Balaban J connectivity index is 1.41. The lowest BCUT2D eigenvalue weighted by molar-refractivity contribution is 0.623. The first kappa shape index (κ1) is 22.6. The number of hydrogen-bond acceptors (Lipinski definition) is 3. The molecule has 0 unspecified atom stereocenters. The normalized spacial score (nSPS) is 11.5. The molecule has 3 heteroatoms. The summed E-state index contributed by atoms with van der Waals surface area (Å²) in [5.41, 5.74) is 6.03. The summed E-state index contributed by atoms with van der Waals surface area (Å²) in [6.45, 7) is 0. The van der Waals surface area contributed by atoms with Gasteiger partial charge in [0.2, 0.25) is 5.89 Å². The molecular weight excluding hydrogens is 488 g/mol. The third-order valence-electron chi connectivity index (χ3n) is 7.64. The van der Waals surface area contributed by atoms with Crippen LogP contribution in [0.2, 0.25) is 0 Å². The Morgan fingerprint density at radius 2 is 1.07 bits per heavy atom. The van der Waals surface area contributed by atoms with Gasteiger partial charge in [-0.2, -0.15) is 0 Å². The fourth-order valence-corrected chi connectivity index (χ4v) is 5.83. The lowest BCUT2D eigenvalue weighted by Gasteiger charge is -2.25. The number of hydrogen-bond donors (Lipinski definition) is 0. The van der Waals surface area contributed by atoms with E-state index in [0.717, 1.165) is 55.3 Å². The Morgan fingerprint density at radius 3 is 1.77 bits per heavy atom. The van der Waals surface area contributed by atoms with Gasteiger partial charge in [0.15, 0.2) is 5.58 Å². The number of fused-ring (bicyclic) bond motifs is 8. The maximum Gasteiger partial charge on any atom is 0.227 e. The Labute approximate surface area is 231 Å². The summed E-state index contributed by atoms with van der Waals surface area (Å²) in [5.74, 6) is 0.640. The molecule has 0 aliphatic heterocycles. The van der Waals surface area contributed by atoms with Crippen molar-refractivity contribution in [1.82, 2.24) is 4.98 Å². The van der Waals surface area contributed by atoms with Gasteiger partial charge in [-0.1, -0.05) is 97.1 Å². The molecule has 0 bridgehead atoms. The number of oxazole rings is 1. The second-order valence-corrected chi connectivity index (χ2v) is 10.0. The quantitative estimate of drug-likeness (QED) is 0.220. The molecule has 8 rings (SSSR count). The molecule has 0 saturated heterocycles. The third-order valence-corrected chi connectivity index (χ3v) is 7.64. The number of benzene rings is 7. The zero-order chi connectivity index (χ0) is 26.5. The largest absolute Gasteiger partial charge is 0.435 e. The molecule has 0 aliphatic carbocycles. The second-order valence-electron chi connectivity index (χ2n) is 10.0. The van der Waals surface area contributed by atoms with Gasteiger partial charge in [0.25, 0.3) is 0 Å². The summed E-state index contributed by atoms with van der Waals surface area (Å²) >= 11 is 0. The molecule has 40 heavy (non-hydrogen) atoms. The Hall–Kier alpha value is -5.41. The van der Waals surface area contributed by atoms with E-state index in [0.29, 0.717) is 5.89 Å². The fraction of sp³-hybridized carbons (Fsp3) is 0. The van der Waals surface area contributed by atoms with Crippen LogP contribution in [-0.2, 0) is 0 Å². The van der Waals surface area contributed by atoms with Crippen LogP contribution in [0, 0.1) is 0 Å². The van der Waals surface area contributed by atoms with Crippen molar-refractivity contribution in [2.24, 2.45) is 0 Å². The maximum atomic E-state index is 6.48. The highest BCUT2D eigenvalue weighted by Crippen LogP contribution is 2.42. The van der Waals surface area contributed by atoms with Crippen LogP contribution in [0.1, 0.15) is 0 Å². The minimum absolute atomic E-state index is 0.640. The number of para-hydroxylation sites is 2. The molecule has 188 valence electrons. The highest BCUT2D eigenvalue weighted by Gasteiger charge is 2.19. The molecule has 0 saturated carbocycles. The first-order valence-electron chi connectivity index (χ1n) is 13.5. The monoisotopic (exact) mass is 512 g/mol. The van der Waals surface area contributed by atoms with Crippen LogP contribution in [0.3, 0.4) is 0 Å². The molecule has 0 spiro atoms. The minimum Gasteiger partial charge on any atom is -0.435 e. The van der Waals surface area contributed by atoms with Gasteiger partial charge in [-0.3, -0.25) is 0 Å². The number of anilines is 3. The number of rotatable bonds is 4. The highest BCUT2D eigenvalue weighted by atomic mass is 16.3. The SMILES string of the molecule is c1ccc(-c2nc3c(o2)c2ccccc2c2ccc4cc(N(c5ccccc5)c5ccccc5)ccc4c23)cc1. The van der Waals surface area contributed by atoms with Gasteiger partial charge in [0, 0.05) is 33.4 Å². The molecule has 0 N–H and O–H groups in total. The van der Waals surface area contributed by atoms with Crippen LogP contribution in [-0.4, -0.2) is 4.98 Å². The molecule has 0 aliphatic rings. The maximum absolute atomic E-state index is 6.48. The summed E-state index contributed by atoms with van der Waals surface area (Å²) in [4.78, 5) is 7.38. The van der Waals surface area contributed by atoms with Crippen molar-refractivity contribution in [1.29, 1.82) is 0 Å². The summed E-state index contributed by atoms with van der Waals surface area (Å²) < 4.78 is 6.48. The molecule has 1 aromatic heterocycles. The van der Waals surface area contributed by atoms with Crippen molar-refractivity contribution in [3.63, 3.8) is 0 Å². The van der Waals surface area contributed by atoms with E-state index in [1.54, 1.807) is 0 Å².